The number of aromatic nitrogens is 4. The zero-order valence-electron chi connectivity index (χ0n) is 16.8. The van der Waals surface area contributed by atoms with Crippen LogP contribution < -0.4 is 5.56 Å². The first kappa shape index (κ1) is 20.3. The lowest BCUT2D eigenvalue weighted by Crippen LogP contribution is -2.33. The average Bonchev–Trinajstić information content (AvgIpc) is 3.29. The van der Waals surface area contributed by atoms with E-state index in [1.165, 1.54) is 28.4 Å². The molecular formula is C21H20ClN5O2S. The van der Waals surface area contributed by atoms with Crippen molar-refractivity contribution in [3.63, 3.8) is 0 Å². The summed E-state index contributed by atoms with van der Waals surface area (Å²) in [6, 6.07) is 9.74. The molecule has 3 heterocycles. The fourth-order valence-electron chi connectivity index (χ4n) is 3.35. The van der Waals surface area contributed by atoms with Gasteiger partial charge >= 0.3 is 0 Å². The highest BCUT2D eigenvalue weighted by atomic mass is 35.5. The van der Waals surface area contributed by atoms with Gasteiger partial charge < -0.3 is 4.90 Å². The molecular weight excluding hydrogens is 422 g/mol. The standard InChI is InChI=1S/C21H20ClN5O2S/c1-13-6-14(2)8-15(7-13)27-20-17(9-24-27)21(29)26(12-23-20)11-19(28)25(3)10-16-4-5-18(22)30-16/h4-9,12H,10-11H2,1-3H3. The van der Waals surface area contributed by atoms with Gasteiger partial charge in [0.1, 0.15) is 18.3 Å². The van der Waals surface area contributed by atoms with Gasteiger partial charge in [-0.1, -0.05) is 17.7 Å². The highest BCUT2D eigenvalue weighted by Gasteiger charge is 2.16. The monoisotopic (exact) mass is 441 g/mol. The molecule has 154 valence electrons. The SMILES string of the molecule is Cc1cc(C)cc(-n2ncc3c(=O)n(CC(=O)N(C)Cc4ccc(Cl)s4)cnc32)c1. The van der Waals surface area contributed by atoms with Gasteiger partial charge in [0.25, 0.3) is 5.56 Å². The molecule has 0 atom stereocenters. The first-order valence-electron chi connectivity index (χ1n) is 9.32. The Kier molecular flexibility index (Phi) is 5.44. The molecule has 0 aliphatic rings. The summed E-state index contributed by atoms with van der Waals surface area (Å²) in [5.41, 5.74) is 3.22. The first-order chi connectivity index (χ1) is 14.3. The molecule has 4 aromatic rings. The van der Waals surface area contributed by atoms with Crippen LogP contribution in [-0.2, 0) is 17.9 Å². The molecule has 4 rings (SSSR count). The van der Waals surface area contributed by atoms with E-state index in [4.69, 9.17) is 11.6 Å². The van der Waals surface area contributed by atoms with E-state index in [-0.39, 0.29) is 18.0 Å². The molecule has 0 aliphatic heterocycles. The second kappa shape index (κ2) is 8.04. The van der Waals surface area contributed by atoms with Crippen LogP contribution in [-0.4, -0.2) is 37.2 Å². The minimum absolute atomic E-state index is 0.0912. The topological polar surface area (TPSA) is 73.0 Å². The van der Waals surface area contributed by atoms with Crippen LogP contribution in [0.4, 0.5) is 0 Å². The number of likely N-dealkylation sites (N-methyl/N-ethyl adjacent to an activating group) is 1. The van der Waals surface area contributed by atoms with Crippen molar-refractivity contribution in [1.29, 1.82) is 0 Å². The maximum Gasteiger partial charge on any atom is 0.264 e. The number of fused-ring (bicyclic) bond motifs is 1. The van der Waals surface area contributed by atoms with E-state index in [1.54, 1.807) is 22.7 Å². The Balaban J connectivity index is 1.59. The van der Waals surface area contributed by atoms with Crippen LogP contribution >= 0.6 is 22.9 Å². The van der Waals surface area contributed by atoms with Gasteiger partial charge in [-0.15, -0.1) is 11.3 Å². The van der Waals surface area contributed by atoms with Crippen molar-refractivity contribution in [2.45, 2.75) is 26.9 Å². The van der Waals surface area contributed by atoms with Crippen LogP contribution in [0.15, 0.2) is 47.7 Å². The fraction of sp³-hybridized carbons (Fsp3) is 0.238. The Bertz CT molecular complexity index is 1290. The predicted octanol–water partition coefficient (Wildman–Crippen LogP) is 3.57. The lowest BCUT2D eigenvalue weighted by molar-refractivity contribution is -0.131. The molecule has 0 radical (unpaired) electrons. The molecule has 3 aromatic heterocycles. The van der Waals surface area contributed by atoms with Crippen molar-refractivity contribution in [3.8, 4) is 5.69 Å². The van der Waals surface area contributed by atoms with Gasteiger partial charge in [-0.05, 0) is 49.2 Å². The number of hydrogen-bond donors (Lipinski definition) is 0. The number of carbonyl (C=O) groups is 1. The zero-order chi connectivity index (χ0) is 21.4. The van der Waals surface area contributed by atoms with Crippen molar-refractivity contribution in [1.82, 2.24) is 24.2 Å². The van der Waals surface area contributed by atoms with Gasteiger partial charge in [-0.2, -0.15) is 5.10 Å². The van der Waals surface area contributed by atoms with E-state index in [9.17, 15) is 9.59 Å². The van der Waals surface area contributed by atoms with Gasteiger partial charge in [0.2, 0.25) is 5.91 Å². The van der Waals surface area contributed by atoms with E-state index < -0.39 is 0 Å². The van der Waals surface area contributed by atoms with Gasteiger partial charge in [0.15, 0.2) is 5.65 Å². The average molecular weight is 442 g/mol. The Morgan fingerprint density at radius 2 is 1.93 bits per heavy atom. The molecule has 0 spiro atoms. The molecule has 1 amide bonds. The minimum atomic E-state index is -0.295. The summed E-state index contributed by atoms with van der Waals surface area (Å²) >= 11 is 7.37. The summed E-state index contributed by atoms with van der Waals surface area (Å²) in [6.07, 6.45) is 2.90. The highest BCUT2D eigenvalue weighted by molar-refractivity contribution is 7.16. The van der Waals surface area contributed by atoms with E-state index in [0.29, 0.717) is 21.9 Å². The Morgan fingerprint density at radius 1 is 1.20 bits per heavy atom. The van der Waals surface area contributed by atoms with Crippen molar-refractivity contribution < 1.29 is 4.79 Å². The van der Waals surface area contributed by atoms with Crippen LogP contribution in [0, 0.1) is 13.8 Å². The molecule has 30 heavy (non-hydrogen) atoms. The zero-order valence-corrected chi connectivity index (χ0v) is 18.4. The summed E-state index contributed by atoms with van der Waals surface area (Å²) in [4.78, 5) is 32.5. The number of nitrogens with zero attached hydrogens (tertiary/aromatic N) is 5. The Labute approximate surface area is 182 Å². The van der Waals surface area contributed by atoms with E-state index in [1.807, 2.05) is 32.0 Å². The summed E-state index contributed by atoms with van der Waals surface area (Å²) in [7, 11) is 1.70. The maximum atomic E-state index is 12.9. The minimum Gasteiger partial charge on any atom is -0.339 e. The van der Waals surface area contributed by atoms with Crippen LogP contribution in [0.25, 0.3) is 16.7 Å². The van der Waals surface area contributed by atoms with Crippen molar-refractivity contribution in [2.24, 2.45) is 0 Å². The molecule has 0 bridgehead atoms. The van der Waals surface area contributed by atoms with E-state index >= 15 is 0 Å². The lowest BCUT2D eigenvalue weighted by atomic mass is 10.1. The smallest absolute Gasteiger partial charge is 0.264 e. The number of amides is 1. The number of halogens is 1. The summed E-state index contributed by atoms with van der Waals surface area (Å²) in [5, 5.41) is 4.73. The quantitative estimate of drug-likeness (QED) is 0.474. The molecule has 0 aliphatic carbocycles. The number of benzene rings is 1. The van der Waals surface area contributed by atoms with E-state index in [2.05, 4.69) is 16.1 Å². The van der Waals surface area contributed by atoms with Crippen LogP contribution in [0.2, 0.25) is 4.34 Å². The lowest BCUT2D eigenvalue weighted by Gasteiger charge is -2.16. The Hall–Kier alpha value is -2.97. The third-order valence-corrected chi connectivity index (χ3v) is 5.97. The van der Waals surface area contributed by atoms with Crippen LogP contribution in [0.5, 0.6) is 0 Å². The number of carbonyl (C=O) groups excluding carboxylic acids is 1. The van der Waals surface area contributed by atoms with Crippen molar-refractivity contribution in [3.05, 3.63) is 73.6 Å². The van der Waals surface area contributed by atoms with Crippen molar-refractivity contribution in [2.75, 3.05) is 7.05 Å². The number of rotatable bonds is 5. The molecule has 0 unspecified atom stereocenters. The third kappa shape index (κ3) is 4.01. The largest absolute Gasteiger partial charge is 0.339 e. The molecule has 9 heteroatoms. The highest BCUT2D eigenvalue weighted by Crippen LogP contribution is 2.22. The maximum absolute atomic E-state index is 12.9. The number of thiophene rings is 1. The molecule has 0 saturated carbocycles. The van der Waals surface area contributed by atoms with Gasteiger partial charge in [-0.25, -0.2) is 9.67 Å². The molecule has 0 N–H and O–H groups in total. The molecule has 0 saturated heterocycles. The summed E-state index contributed by atoms with van der Waals surface area (Å²) < 4.78 is 3.64. The summed E-state index contributed by atoms with van der Waals surface area (Å²) in [5.74, 6) is -0.190. The van der Waals surface area contributed by atoms with Crippen molar-refractivity contribution >= 4 is 39.9 Å². The second-order valence-corrected chi connectivity index (χ2v) is 9.07. The predicted molar refractivity (Wildman–Crippen MR) is 118 cm³/mol. The Morgan fingerprint density at radius 3 is 2.60 bits per heavy atom. The molecule has 7 nitrogen and oxygen atoms in total. The summed E-state index contributed by atoms with van der Waals surface area (Å²) in [6.45, 7) is 4.36. The van der Waals surface area contributed by atoms with Gasteiger partial charge in [0, 0.05) is 11.9 Å². The number of hydrogen-bond acceptors (Lipinski definition) is 5. The molecule has 0 fully saturated rings. The third-order valence-electron chi connectivity index (χ3n) is 4.76. The molecule has 1 aromatic carbocycles. The number of aryl methyl sites for hydroxylation is 2. The first-order valence-corrected chi connectivity index (χ1v) is 10.5. The second-order valence-electron chi connectivity index (χ2n) is 7.27. The van der Waals surface area contributed by atoms with Gasteiger partial charge in [0.05, 0.1) is 22.8 Å². The fourth-order valence-corrected chi connectivity index (χ4v) is 4.49. The van der Waals surface area contributed by atoms with Gasteiger partial charge in [-0.3, -0.25) is 14.2 Å². The van der Waals surface area contributed by atoms with Crippen LogP contribution in [0.1, 0.15) is 16.0 Å². The van der Waals surface area contributed by atoms with E-state index in [0.717, 1.165) is 21.7 Å². The van der Waals surface area contributed by atoms with Crippen LogP contribution in [0.3, 0.4) is 0 Å². The normalized spacial score (nSPS) is 11.2.